The molecule has 9 aromatic carbocycles. The summed E-state index contributed by atoms with van der Waals surface area (Å²) in [4.78, 5) is 31.3. The quantitative estimate of drug-likeness (QED) is 0.0306. The van der Waals surface area contributed by atoms with Crippen LogP contribution in [-0.4, -0.2) is 34.9 Å². The number of aromatic nitrogens is 7. The Bertz CT molecular complexity index is 5490. The number of hydrogen-bond acceptors (Lipinski definition) is 7. The molecule has 0 aliphatic rings. The van der Waals surface area contributed by atoms with Crippen molar-refractivity contribution >= 4 is 0 Å². The summed E-state index contributed by atoms with van der Waals surface area (Å²) >= 11 is 0. The average Bonchev–Trinajstić information content (AvgIpc) is 0.850. The standard InChI is InChI=1S/C28H26N.C23H24N.C22H23N2.C21H21N2.C18H14N.4Ir/c1-4-11-23(12-5-1)13-6-2-7-14-24-15-10-18-27(21-24)28-22-26(19-20-29-28)25-16-8-3-9-17-25;1(4-11-20-12-6-3-7-13-20)2-5-14-21-15-10-16-22(19-21)23-17-8-9-18-24-23;1-18-16-20(22-14-8-9-15-23-22)17-21(24-18)13-7-3-6-12-19-10-4-2-5-11-19;1-3-9-18(10-4-1)11-5-2-6-12-20-17-19(14-16-22-20)21-13-7-8-15-23-21;1-14-10-11-18(19-13-14)17-9-5-8-16(12-17)15-6-3-2-4-7-15;;;;/h1,3-5,8-12,15-17,19-22H,2,6-7,13-14H2;3,6-10,12-13,15,17-19H,1-2,4-5,11,14H2;2,4-5,8-11,14-15,17H,3,6-7,12-13H2,1H3;1,3-4,7-10,13,15-17H,2,5-6,11-12H2;2-8,10-13H,1H3;;;;/q5*-1;;;;. The molecule has 0 atom stereocenters. The number of pyridine rings is 7. The van der Waals surface area contributed by atoms with E-state index in [0.717, 1.165) is 112 Å². The van der Waals surface area contributed by atoms with Gasteiger partial charge in [-0.05, 0) is 224 Å². The number of aryl methyl sites for hydroxylation is 10. The van der Waals surface area contributed by atoms with Crippen molar-refractivity contribution in [3.05, 3.63) is 451 Å². The van der Waals surface area contributed by atoms with Crippen molar-refractivity contribution in [2.24, 2.45) is 0 Å². The van der Waals surface area contributed by atoms with Gasteiger partial charge < -0.3 is 24.9 Å². The molecule has 7 heterocycles. The van der Waals surface area contributed by atoms with Crippen molar-refractivity contribution in [1.82, 2.24) is 34.9 Å². The van der Waals surface area contributed by atoms with Crippen LogP contribution in [0.15, 0.2) is 365 Å². The molecule has 7 aromatic heterocycles. The molecule has 7 nitrogen and oxygen atoms in total. The summed E-state index contributed by atoms with van der Waals surface area (Å²) in [6, 6.07) is 130. The third kappa shape index (κ3) is 35.4. The van der Waals surface area contributed by atoms with Gasteiger partial charge in [0, 0.05) is 111 Å². The maximum Gasteiger partial charge on any atom is 0.0190 e. The first-order valence-electron chi connectivity index (χ1n) is 42.6. The molecule has 0 unspecified atom stereocenters. The monoisotopic (exact) mass is 2320 g/mol. The van der Waals surface area contributed by atoms with E-state index in [1.54, 1.807) is 6.20 Å². The number of benzene rings is 9. The molecule has 4 radical (unpaired) electrons. The molecule has 0 aliphatic heterocycles. The molecule has 0 saturated carbocycles. The van der Waals surface area contributed by atoms with Gasteiger partial charge in [-0.25, -0.2) is 0 Å². The van der Waals surface area contributed by atoms with Crippen molar-refractivity contribution in [3.63, 3.8) is 0 Å². The molecule has 632 valence electrons. The predicted octanol–water partition coefficient (Wildman–Crippen LogP) is 27.7. The van der Waals surface area contributed by atoms with Gasteiger partial charge in [0.2, 0.25) is 0 Å². The molecule has 0 fully saturated rings. The van der Waals surface area contributed by atoms with Crippen LogP contribution in [0.5, 0.6) is 0 Å². The summed E-state index contributed by atoms with van der Waals surface area (Å²) in [5.74, 6) is 0. The van der Waals surface area contributed by atoms with Crippen LogP contribution < -0.4 is 0 Å². The van der Waals surface area contributed by atoms with Gasteiger partial charge in [-0.2, -0.15) is 23.3 Å². The zero-order chi connectivity index (χ0) is 81.6. The van der Waals surface area contributed by atoms with E-state index in [1.165, 1.54) is 158 Å². The van der Waals surface area contributed by atoms with Gasteiger partial charge >= 0.3 is 0 Å². The fourth-order valence-corrected chi connectivity index (χ4v) is 14.3. The molecule has 0 N–H and O–H groups in total. The Morgan fingerprint density at radius 1 is 0.228 bits per heavy atom. The normalized spacial score (nSPS) is 10.3. The molecule has 0 saturated heterocycles. The van der Waals surface area contributed by atoms with E-state index in [0.29, 0.717) is 0 Å². The maximum absolute atomic E-state index is 4.63. The van der Waals surface area contributed by atoms with Crippen LogP contribution >= 0.6 is 0 Å². The first kappa shape index (κ1) is 98.1. The number of unbranched alkanes of at least 4 members (excludes halogenated alkanes) is 9. The average molecular weight is 2320 g/mol. The first-order chi connectivity index (χ1) is 58.8. The van der Waals surface area contributed by atoms with Crippen LogP contribution in [0.25, 0.3) is 78.5 Å². The summed E-state index contributed by atoms with van der Waals surface area (Å²) in [7, 11) is 0. The largest absolute Gasteiger partial charge is 0.321 e. The maximum atomic E-state index is 4.63. The van der Waals surface area contributed by atoms with E-state index in [2.05, 4.69) is 302 Å². The van der Waals surface area contributed by atoms with Crippen LogP contribution in [0.2, 0.25) is 0 Å². The Morgan fingerprint density at radius 2 is 0.577 bits per heavy atom. The van der Waals surface area contributed by atoms with Crippen LogP contribution in [0, 0.1) is 44.2 Å². The van der Waals surface area contributed by atoms with Crippen molar-refractivity contribution in [1.29, 1.82) is 0 Å². The third-order valence-corrected chi connectivity index (χ3v) is 20.8. The summed E-state index contributed by atoms with van der Waals surface area (Å²) in [6.07, 6.45) is 36.1. The second-order valence-electron chi connectivity index (χ2n) is 30.1. The van der Waals surface area contributed by atoms with Crippen molar-refractivity contribution in [2.75, 3.05) is 0 Å². The summed E-state index contributed by atoms with van der Waals surface area (Å²) in [6.45, 7) is 4.05. The fraction of sp³-hybridized carbons (Fsp3) is 0.205. The minimum atomic E-state index is 0. The van der Waals surface area contributed by atoms with Gasteiger partial charge in [0.25, 0.3) is 0 Å². The topological polar surface area (TPSA) is 90.2 Å². The van der Waals surface area contributed by atoms with Crippen molar-refractivity contribution < 1.29 is 80.4 Å². The number of hydrogen-bond donors (Lipinski definition) is 0. The molecule has 0 amide bonds. The Hall–Kier alpha value is -10.4. The van der Waals surface area contributed by atoms with Crippen molar-refractivity contribution in [3.8, 4) is 78.5 Å². The molecular weight excluding hydrogens is 2210 g/mol. The van der Waals surface area contributed by atoms with Crippen LogP contribution in [0.4, 0.5) is 0 Å². The van der Waals surface area contributed by atoms with Crippen LogP contribution in [-0.2, 0) is 132 Å². The van der Waals surface area contributed by atoms with Crippen LogP contribution in [0.1, 0.15) is 139 Å². The second-order valence-corrected chi connectivity index (χ2v) is 30.1. The van der Waals surface area contributed by atoms with Crippen LogP contribution in [0.3, 0.4) is 0 Å². The molecule has 0 spiro atoms. The molecule has 0 aliphatic carbocycles. The Morgan fingerprint density at radius 3 is 1.02 bits per heavy atom. The van der Waals surface area contributed by atoms with Gasteiger partial charge in [0.05, 0.1) is 0 Å². The molecule has 16 aromatic rings. The summed E-state index contributed by atoms with van der Waals surface area (Å²) in [5, 5.41) is 0. The zero-order valence-corrected chi connectivity index (χ0v) is 80.0. The SMILES string of the molecule is Cc1[c-]c(-c2ccccn2)cc(CCCCCc2ccccc2)n1.Cc1ccc(-c2[c-]ccc(-c3ccccc3)c2)nc1.[Ir].[Ir].[Ir].[Ir].[c-]1ccc(CCCCCCc2ccccc2)cc1-c1ccccn1.[c-]1ccc(CCCCCc2ccccc2)cc1-c1cc(-c2ccccc2)ccn1.[c-]1cnc(CCCCCc2ccccc2)cc1-c1ccccn1. The number of rotatable bonds is 32. The predicted molar refractivity (Wildman–Crippen MR) is 494 cm³/mol. The molecular formula is C112H108Ir4N7-5. The molecule has 16 rings (SSSR count). The van der Waals surface area contributed by atoms with E-state index in [4.69, 9.17) is 0 Å². The van der Waals surface area contributed by atoms with Crippen molar-refractivity contribution in [2.45, 2.75) is 149 Å². The first-order valence-corrected chi connectivity index (χ1v) is 42.6. The van der Waals surface area contributed by atoms with E-state index in [1.807, 2.05) is 136 Å². The third-order valence-electron chi connectivity index (χ3n) is 20.8. The van der Waals surface area contributed by atoms with Gasteiger partial charge in [-0.15, -0.1) is 118 Å². The van der Waals surface area contributed by atoms with E-state index >= 15 is 0 Å². The van der Waals surface area contributed by atoms with Gasteiger partial charge in [0.1, 0.15) is 0 Å². The minimum Gasteiger partial charge on any atom is -0.321 e. The molecule has 11 heteroatoms. The fourth-order valence-electron chi connectivity index (χ4n) is 14.3. The van der Waals surface area contributed by atoms with Gasteiger partial charge in [-0.1, -0.05) is 282 Å². The summed E-state index contributed by atoms with van der Waals surface area (Å²) < 4.78 is 0. The van der Waals surface area contributed by atoms with E-state index in [-0.39, 0.29) is 80.4 Å². The Balaban J connectivity index is 0.000000190. The number of nitrogens with zero attached hydrogens (tertiary/aromatic N) is 7. The summed E-state index contributed by atoms with van der Waals surface area (Å²) in [5.41, 5.74) is 27.8. The molecule has 0 bridgehead atoms. The minimum absolute atomic E-state index is 0. The smallest absolute Gasteiger partial charge is 0.0190 e. The van der Waals surface area contributed by atoms with E-state index < -0.39 is 0 Å². The zero-order valence-electron chi connectivity index (χ0n) is 70.5. The Kier molecular flexibility index (Phi) is 45.6. The van der Waals surface area contributed by atoms with Gasteiger partial charge in [0.15, 0.2) is 0 Å². The van der Waals surface area contributed by atoms with Gasteiger partial charge in [-0.3, -0.25) is 9.97 Å². The van der Waals surface area contributed by atoms with E-state index in [9.17, 15) is 0 Å². The molecule has 123 heavy (non-hydrogen) atoms. The Labute approximate surface area is 786 Å². The second kappa shape index (κ2) is 57.1.